The van der Waals surface area contributed by atoms with E-state index in [1.807, 2.05) is 29.2 Å². The molecular formula is C23H23N3O3. The van der Waals surface area contributed by atoms with E-state index in [2.05, 4.69) is 17.2 Å². The van der Waals surface area contributed by atoms with Gasteiger partial charge in [-0.3, -0.25) is 9.59 Å². The van der Waals surface area contributed by atoms with E-state index in [9.17, 15) is 9.59 Å². The van der Waals surface area contributed by atoms with E-state index in [0.717, 1.165) is 31.2 Å². The number of rotatable bonds is 4. The third kappa shape index (κ3) is 3.18. The lowest BCUT2D eigenvalue weighted by Gasteiger charge is -2.34. The Morgan fingerprint density at radius 1 is 1.00 bits per heavy atom. The number of amides is 1. The lowest BCUT2D eigenvalue weighted by molar-refractivity contribution is -0.135. The van der Waals surface area contributed by atoms with Gasteiger partial charge in [0.25, 0.3) is 5.56 Å². The predicted octanol–water partition coefficient (Wildman–Crippen LogP) is 3.40. The summed E-state index contributed by atoms with van der Waals surface area (Å²) in [7, 11) is 0. The van der Waals surface area contributed by atoms with Gasteiger partial charge in [-0.15, -0.1) is 0 Å². The van der Waals surface area contributed by atoms with Gasteiger partial charge >= 0.3 is 0 Å². The van der Waals surface area contributed by atoms with Crippen LogP contribution in [-0.4, -0.2) is 33.7 Å². The second-order valence-electron chi connectivity index (χ2n) is 7.95. The minimum atomic E-state index is -0.331. The molecule has 1 aromatic carbocycles. The Morgan fingerprint density at radius 2 is 1.76 bits per heavy atom. The van der Waals surface area contributed by atoms with Crippen molar-refractivity contribution >= 4 is 5.91 Å². The molecule has 2 fully saturated rings. The Labute approximate surface area is 168 Å². The first kappa shape index (κ1) is 17.9. The topological polar surface area (TPSA) is 68.3 Å². The van der Waals surface area contributed by atoms with Crippen LogP contribution in [0.3, 0.4) is 0 Å². The highest BCUT2D eigenvalue weighted by molar-refractivity contribution is 5.91. The minimum Gasteiger partial charge on any atom is -0.463 e. The number of carbonyl (C=O) groups excluding carboxylic acids is 1. The van der Waals surface area contributed by atoms with Gasteiger partial charge in [-0.1, -0.05) is 30.3 Å². The number of nitrogens with zero attached hydrogens (tertiary/aromatic N) is 3. The maximum absolute atomic E-state index is 13.2. The monoisotopic (exact) mass is 389 g/mol. The van der Waals surface area contributed by atoms with Crippen molar-refractivity contribution in [1.29, 1.82) is 0 Å². The molecule has 1 aliphatic heterocycles. The highest BCUT2D eigenvalue weighted by atomic mass is 16.3. The Kier molecular flexibility index (Phi) is 4.34. The molecular weight excluding hydrogens is 366 g/mol. The van der Waals surface area contributed by atoms with Gasteiger partial charge < -0.3 is 9.32 Å². The van der Waals surface area contributed by atoms with Gasteiger partial charge in [0.2, 0.25) is 5.91 Å². The SMILES string of the molecule is O=C(N1CCC(n2nc(-c3ccco3)ccc2=O)CC1)C1(c2ccccc2)CC1. The number of benzene rings is 1. The van der Waals surface area contributed by atoms with Crippen molar-refractivity contribution in [1.82, 2.24) is 14.7 Å². The van der Waals surface area contributed by atoms with Crippen LogP contribution in [0.1, 0.15) is 37.3 Å². The first-order valence-electron chi connectivity index (χ1n) is 10.2. The summed E-state index contributed by atoms with van der Waals surface area (Å²) in [6.45, 7) is 1.30. The summed E-state index contributed by atoms with van der Waals surface area (Å²) in [4.78, 5) is 27.6. The number of piperidine rings is 1. The molecule has 0 unspecified atom stereocenters. The molecule has 1 aliphatic carbocycles. The summed E-state index contributed by atoms with van der Waals surface area (Å²) in [6, 6.07) is 16.9. The zero-order valence-corrected chi connectivity index (χ0v) is 16.2. The first-order chi connectivity index (χ1) is 14.2. The third-order valence-corrected chi connectivity index (χ3v) is 6.18. The van der Waals surface area contributed by atoms with Crippen LogP contribution in [0.2, 0.25) is 0 Å². The molecule has 0 N–H and O–H groups in total. The Bertz CT molecular complexity index is 1060. The zero-order chi connectivity index (χ0) is 19.8. The van der Waals surface area contributed by atoms with Crippen molar-refractivity contribution in [3.63, 3.8) is 0 Å². The average molecular weight is 389 g/mol. The van der Waals surface area contributed by atoms with Gasteiger partial charge in [-0.2, -0.15) is 5.10 Å². The summed E-state index contributed by atoms with van der Waals surface area (Å²) >= 11 is 0. The highest BCUT2D eigenvalue weighted by Crippen LogP contribution is 2.50. The van der Waals surface area contributed by atoms with Gasteiger partial charge in [0.1, 0.15) is 5.69 Å². The van der Waals surface area contributed by atoms with Gasteiger partial charge in [0.05, 0.1) is 17.7 Å². The number of furan rings is 1. The standard InChI is InChI=1S/C23H23N3O3/c27-21-9-8-19(20-7-4-16-29-20)24-26(21)18-10-14-25(15-11-18)22(28)23(12-13-23)17-5-2-1-3-6-17/h1-9,16,18H,10-15H2. The van der Waals surface area contributed by atoms with E-state index in [1.54, 1.807) is 23.1 Å². The van der Waals surface area contributed by atoms with Crippen LogP contribution in [0, 0.1) is 0 Å². The van der Waals surface area contributed by atoms with E-state index < -0.39 is 0 Å². The molecule has 6 heteroatoms. The summed E-state index contributed by atoms with van der Waals surface area (Å²) in [5, 5.41) is 4.52. The second-order valence-corrected chi connectivity index (χ2v) is 7.95. The second kappa shape index (κ2) is 7.03. The zero-order valence-electron chi connectivity index (χ0n) is 16.2. The molecule has 1 saturated heterocycles. The lowest BCUT2D eigenvalue weighted by Crippen LogP contribution is -2.45. The van der Waals surface area contributed by atoms with E-state index >= 15 is 0 Å². The van der Waals surface area contributed by atoms with E-state index in [1.165, 1.54) is 6.07 Å². The minimum absolute atomic E-state index is 0.00617. The van der Waals surface area contributed by atoms with Crippen molar-refractivity contribution < 1.29 is 9.21 Å². The van der Waals surface area contributed by atoms with Gasteiger partial charge in [-0.05, 0) is 49.4 Å². The molecule has 5 rings (SSSR count). The van der Waals surface area contributed by atoms with Crippen LogP contribution in [0.25, 0.3) is 11.5 Å². The van der Waals surface area contributed by atoms with Gasteiger partial charge in [0.15, 0.2) is 5.76 Å². The van der Waals surface area contributed by atoms with Crippen LogP contribution in [0.5, 0.6) is 0 Å². The van der Waals surface area contributed by atoms with Gasteiger partial charge in [-0.25, -0.2) is 4.68 Å². The van der Waals surface area contributed by atoms with Crippen LogP contribution in [0.4, 0.5) is 0 Å². The molecule has 1 amide bonds. The Morgan fingerprint density at radius 3 is 2.41 bits per heavy atom. The number of hydrogen-bond acceptors (Lipinski definition) is 4. The smallest absolute Gasteiger partial charge is 0.267 e. The van der Waals surface area contributed by atoms with Crippen molar-refractivity contribution in [3.05, 3.63) is 76.8 Å². The molecule has 1 saturated carbocycles. The fraction of sp³-hybridized carbons (Fsp3) is 0.348. The fourth-order valence-electron chi connectivity index (χ4n) is 4.37. The molecule has 3 heterocycles. The maximum Gasteiger partial charge on any atom is 0.267 e. The molecule has 0 spiro atoms. The van der Waals surface area contributed by atoms with E-state index in [-0.39, 0.29) is 22.9 Å². The van der Waals surface area contributed by atoms with E-state index in [4.69, 9.17) is 4.42 Å². The van der Waals surface area contributed by atoms with Crippen molar-refractivity contribution in [2.45, 2.75) is 37.1 Å². The van der Waals surface area contributed by atoms with Crippen LogP contribution in [-0.2, 0) is 10.2 Å². The number of carbonyl (C=O) groups is 1. The highest BCUT2D eigenvalue weighted by Gasteiger charge is 2.53. The van der Waals surface area contributed by atoms with Crippen LogP contribution >= 0.6 is 0 Å². The third-order valence-electron chi connectivity index (χ3n) is 6.18. The first-order valence-corrected chi connectivity index (χ1v) is 10.2. The Hall–Kier alpha value is -3.15. The van der Waals surface area contributed by atoms with Gasteiger partial charge in [0, 0.05) is 19.2 Å². The lowest BCUT2D eigenvalue weighted by atomic mass is 9.93. The van der Waals surface area contributed by atoms with Crippen molar-refractivity contribution in [2.24, 2.45) is 0 Å². The molecule has 3 aromatic rings. The van der Waals surface area contributed by atoms with Crippen LogP contribution < -0.4 is 5.56 Å². The average Bonchev–Trinajstić information content (AvgIpc) is 3.41. The van der Waals surface area contributed by atoms with E-state index in [0.29, 0.717) is 24.5 Å². The molecule has 6 nitrogen and oxygen atoms in total. The fourth-order valence-corrected chi connectivity index (χ4v) is 4.37. The summed E-state index contributed by atoms with van der Waals surface area (Å²) in [5.74, 6) is 0.872. The quantitative estimate of drug-likeness (QED) is 0.686. The molecule has 0 bridgehead atoms. The molecule has 2 aliphatic rings. The molecule has 148 valence electrons. The largest absolute Gasteiger partial charge is 0.463 e. The summed E-state index contributed by atoms with van der Waals surface area (Å²) < 4.78 is 6.97. The molecule has 0 atom stereocenters. The Balaban J connectivity index is 1.31. The number of likely N-dealkylation sites (tertiary alicyclic amines) is 1. The van der Waals surface area contributed by atoms with Crippen molar-refractivity contribution in [2.75, 3.05) is 13.1 Å². The number of aromatic nitrogens is 2. The maximum atomic E-state index is 13.2. The summed E-state index contributed by atoms with van der Waals surface area (Å²) in [6.07, 6.45) is 4.89. The van der Waals surface area contributed by atoms with Crippen molar-refractivity contribution in [3.8, 4) is 11.5 Å². The number of hydrogen-bond donors (Lipinski definition) is 0. The predicted molar refractivity (Wildman–Crippen MR) is 108 cm³/mol. The molecule has 2 aromatic heterocycles. The molecule has 29 heavy (non-hydrogen) atoms. The summed E-state index contributed by atoms with van der Waals surface area (Å²) in [5.41, 5.74) is 1.32. The van der Waals surface area contributed by atoms with Crippen LogP contribution in [0.15, 0.2) is 70.1 Å². The normalized spacial score (nSPS) is 18.6. The molecule has 0 radical (unpaired) electrons.